The van der Waals surface area contributed by atoms with Crippen molar-refractivity contribution in [1.29, 1.82) is 0 Å². The van der Waals surface area contributed by atoms with Crippen LogP contribution in [0.2, 0.25) is 0 Å². The van der Waals surface area contributed by atoms with Gasteiger partial charge in [0.25, 0.3) is 5.91 Å². The van der Waals surface area contributed by atoms with E-state index in [0.717, 1.165) is 30.3 Å². The van der Waals surface area contributed by atoms with Crippen LogP contribution in [-0.2, 0) is 6.18 Å². The van der Waals surface area contributed by atoms with Crippen molar-refractivity contribution in [3.05, 3.63) is 59.2 Å². The van der Waals surface area contributed by atoms with Gasteiger partial charge in [-0.05, 0) is 36.8 Å². The van der Waals surface area contributed by atoms with Gasteiger partial charge in [-0.2, -0.15) is 13.2 Å². The van der Waals surface area contributed by atoms with Gasteiger partial charge < -0.3 is 10.1 Å². The molecule has 0 heterocycles. The Morgan fingerprint density at radius 2 is 1.88 bits per heavy atom. The molecule has 0 aromatic heterocycles. The Labute approximate surface area is 140 Å². The molecule has 1 N–H and O–H groups in total. The molecule has 2 rings (SSSR count). The van der Waals surface area contributed by atoms with Crippen molar-refractivity contribution in [3.8, 4) is 5.75 Å². The highest BCUT2D eigenvalue weighted by Gasteiger charge is 2.31. The molecule has 0 fully saturated rings. The van der Waals surface area contributed by atoms with Gasteiger partial charge >= 0.3 is 6.18 Å². The van der Waals surface area contributed by atoms with E-state index in [4.69, 9.17) is 4.74 Å². The van der Waals surface area contributed by atoms with Gasteiger partial charge in [0.05, 0.1) is 23.4 Å². The molecule has 0 aliphatic rings. The highest BCUT2D eigenvalue weighted by Crippen LogP contribution is 2.35. The third-order valence-corrected chi connectivity index (χ3v) is 3.21. The second-order valence-electron chi connectivity index (χ2n) is 5.11. The molecule has 0 unspecified atom stereocenters. The molecule has 0 saturated carbocycles. The lowest BCUT2D eigenvalue weighted by Gasteiger charge is -2.15. The summed E-state index contributed by atoms with van der Waals surface area (Å²) >= 11 is 0. The first-order chi connectivity index (χ1) is 11.7. The van der Waals surface area contributed by atoms with Crippen LogP contribution in [-0.4, -0.2) is 12.5 Å². The van der Waals surface area contributed by atoms with Gasteiger partial charge in [-0.1, -0.05) is 13.0 Å². The smallest absolute Gasteiger partial charge is 0.416 e. The van der Waals surface area contributed by atoms with Crippen molar-refractivity contribution < 1.29 is 31.5 Å². The minimum Gasteiger partial charge on any atom is -0.491 e. The standard InChI is InChI=1S/C17H14F5NO2/c1-2-8-25-14-7-6-10(17(20,21)22)9-13(14)23-16(24)11-4-3-5-12(18)15(11)19/h3-7,9H,2,8H2,1H3,(H,23,24). The van der Waals surface area contributed by atoms with Gasteiger partial charge in [0.2, 0.25) is 0 Å². The topological polar surface area (TPSA) is 38.3 Å². The second kappa shape index (κ2) is 7.50. The van der Waals surface area contributed by atoms with Crippen LogP contribution in [0.4, 0.5) is 27.6 Å². The Morgan fingerprint density at radius 1 is 1.16 bits per heavy atom. The third-order valence-electron chi connectivity index (χ3n) is 3.21. The van der Waals surface area contributed by atoms with Crippen LogP contribution in [0, 0.1) is 11.6 Å². The first-order valence-electron chi connectivity index (χ1n) is 7.33. The van der Waals surface area contributed by atoms with E-state index in [-0.39, 0.29) is 18.0 Å². The number of alkyl halides is 3. The number of hydrogen-bond donors (Lipinski definition) is 1. The molecule has 0 aliphatic heterocycles. The van der Waals surface area contributed by atoms with E-state index in [1.165, 1.54) is 0 Å². The summed E-state index contributed by atoms with van der Waals surface area (Å²) < 4.78 is 70.8. The fourth-order valence-electron chi connectivity index (χ4n) is 2.01. The number of carbonyl (C=O) groups is 1. The average molecular weight is 359 g/mol. The largest absolute Gasteiger partial charge is 0.491 e. The van der Waals surface area contributed by atoms with Crippen molar-refractivity contribution in [2.45, 2.75) is 19.5 Å². The normalized spacial score (nSPS) is 11.3. The zero-order valence-corrected chi connectivity index (χ0v) is 13.1. The third kappa shape index (κ3) is 4.46. The molecule has 2 aromatic carbocycles. The molecular formula is C17H14F5NO2. The van der Waals surface area contributed by atoms with Crippen LogP contribution in [0.15, 0.2) is 36.4 Å². The van der Waals surface area contributed by atoms with E-state index < -0.39 is 34.8 Å². The molecule has 0 saturated heterocycles. The highest BCUT2D eigenvalue weighted by molar-refractivity contribution is 6.05. The average Bonchev–Trinajstić information content (AvgIpc) is 2.55. The summed E-state index contributed by atoms with van der Waals surface area (Å²) in [6.07, 6.45) is -4.04. The maximum Gasteiger partial charge on any atom is 0.416 e. The molecule has 2 aromatic rings. The summed E-state index contributed by atoms with van der Waals surface area (Å²) in [5.74, 6) is -3.71. The Balaban J connectivity index is 2.38. The van der Waals surface area contributed by atoms with Crippen molar-refractivity contribution in [2.75, 3.05) is 11.9 Å². The Morgan fingerprint density at radius 3 is 2.52 bits per heavy atom. The van der Waals surface area contributed by atoms with E-state index in [0.29, 0.717) is 12.5 Å². The summed E-state index contributed by atoms with van der Waals surface area (Å²) in [6, 6.07) is 5.52. The van der Waals surface area contributed by atoms with Gasteiger partial charge in [0, 0.05) is 0 Å². The maximum absolute atomic E-state index is 13.7. The molecule has 0 spiro atoms. The molecular weight excluding hydrogens is 345 g/mol. The first-order valence-corrected chi connectivity index (χ1v) is 7.33. The molecule has 8 heteroatoms. The second-order valence-corrected chi connectivity index (χ2v) is 5.11. The Kier molecular flexibility index (Phi) is 5.61. The Hall–Kier alpha value is -2.64. The minimum absolute atomic E-state index is 0.0000104. The fourth-order valence-corrected chi connectivity index (χ4v) is 2.01. The molecule has 0 atom stereocenters. The number of benzene rings is 2. The van der Waals surface area contributed by atoms with Gasteiger partial charge in [0.1, 0.15) is 5.75 Å². The van der Waals surface area contributed by atoms with E-state index >= 15 is 0 Å². The van der Waals surface area contributed by atoms with Gasteiger partial charge in [-0.3, -0.25) is 4.79 Å². The lowest BCUT2D eigenvalue weighted by Crippen LogP contribution is -2.16. The van der Waals surface area contributed by atoms with Crippen LogP contribution in [0.25, 0.3) is 0 Å². The number of ether oxygens (including phenoxy) is 1. The van der Waals surface area contributed by atoms with Crippen LogP contribution in [0.1, 0.15) is 29.3 Å². The fraction of sp³-hybridized carbons (Fsp3) is 0.235. The van der Waals surface area contributed by atoms with E-state index in [9.17, 15) is 26.7 Å². The predicted molar refractivity (Wildman–Crippen MR) is 81.5 cm³/mol. The van der Waals surface area contributed by atoms with Crippen molar-refractivity contribution in [2.24, 2.45) is 0 Å². The molecule has 25 heavy (non-hydrogen) atoms. The summed E-state index contributed by atoms with van der Waals surface area (Å²) in [6.45, 7) is 2.01. The quantitative estimate of drug-likeness (QED) is 0.761. The summed E-state index contributed by atoms with van der Waals surface area (Å²) in [5.41, 5.74) is -1.91. The first kappa shape index (κ1) is 18.7. The van der Waals surface area contributed by atoms with Crippen molar-refractivity contribution in [3.63, 3.8) is 0 Å². The van der Waals surface area contributed by atoms with Gasteiger partial charge in [-0.15, -0.1) is 0 Å². The number of anilines is 1. The zero-order valence-electron chi connectivity index (χ0n) is 13.1. The summed E-state index contributed by atoms with van der Waals surface area (Å²) in [5, 5.41) is 2.15. The van der Waals surface area contributed by atoms with E-state index in [1.807, 2.05) is 0 Å². The van der Waals surface area contributed by atoms with Crippen LogP contribution in [0.3, 0.4) is 0 Å². The van der Waals surface area contributed by atoms with E-state index in [1.54, 1.807) is 6.92 Å². The number of halogens is 5. The van der Waals surface area contributed by atoms with Crippen molar-refractivity contribution >= 4 is 11.6 Å². The number of hydrogen-bond acceptors (Lipinski definition) is 2. The number of amides is 1. The van der Waals surface area contributed by atoms with Gasteiger partial charge in [0.15, 0.2) is 11.6 Å². The molecule has 3 nitrogen and oxygen atoms in total. The van der Waals surface area contributed by atoms with Crippen molar-refractivity contribution in [1.82, 2.24) is 0 Å². The van der Waals surface area contributed by atoms with E-state index in [2.05, 4.69) is 5.32 Å². The molecule has 0 bridgehead atoms. The van der Waals surface area contributed by atoms with Crippen LogP contribution in [0.5, 0.6) is 5.75 Å². The monoisotopic (exact) mass is 359 g/mol. The minimum atomic E-state index is -4.63. The number of rotatable bonds is 5. The zero-order chi connectivity index (χ0) is 18.6. The number of carbonyl (C=O) groups excluding carboxylic acids is 1. The lowest BCUT2D eigenvalue weighted by atomic mass is 10.1. The summed E-state index contributed by atoms with van der Waals surface area (Å²) in [4.78, 5) is 12.1. The molecule has 134 valence electrons. The molecule has 0 aliphatic carbocycles. The highest BCUT2D eigenvalue weighted by atomic mass is 19.4. The van der Waals surface area contributed by atoms with Crippen LogP contribution < -0.4 is 10.1 Å². The molecule has 0 radical (unpaired) electrons. The van der Waals surface area contributed by atoms with Gasteiger partial charge in [-0.25, -0.2) is 8.78 Å². The number of nitrogens with one attached hydrogen (secondary N) is 1. The lowest BCUT2D eigenvalue weighted by molar-refractivity contribution is -0.137. The SMILES string of the molecule is CCCOc1ccc(C(F)(F)F)cc1NC(=O)c1cccc(F)c1F. The predicted octanol–water partition coefficient (Wildman–Crippen LogP) is 5.02. The maximum atomic E-state index is 13.7. The molecule has 1 amide bonds. The summed E-state index contributed by atoms with van der Waals surface area (Å²) in [7, 11) is 0. The Bertz CT molecular complexity index is 774. The van der Waals surface area contributed by atoms with Crippen LogP contribution >= 0.6 is 0 Å².